The maximum Gasteiger partial charge on any atom is 0.315 e. The van der Waals surface area contributed by atoms with Gasteiger partial charge in [-0.05, 0) is 44.6 Å². The molecule has 6 heteroatoms. The fraction of sp³-hybridized carbons (Fsp3) is 0.600. The van der Waals surface area contributed by atoms with Crippen molar-refractivity contribution in [1.82, 2.24) is 15.5 Å². The smallest absolute Gasteiger partial charge is 0.315 e. The van der Waals surface area contributed by atoms with Gasteiger partial charge in [-0.2, -0.15) is 0 Å². The van der Waals surface area contributed by atoms with E-state index < -0.39 is 6.04 Å². The van der Waals surface area contributed by atoms with Crippen LogP contribution in [0, 0.1) is 0 Å². The van der Waals surface area contributed by atoms with Crippen LogP contribution in [-0.4, -0.2) is 35.5 Å². The molecule has 2 rings (SSSR count). The molecule has 2 N–H and O–H groups in total. The predicted molar refractivity (Wildman–Crippen MR) is 84.2 cm³/mol. The zero-order chi connectivity index (χ0) is 15.2. The lowest BCUT2D eigenvalue weighted by atomic mass is 10.0. The molecule has 0 radical (unpaired) electrons. The maximum absolute atomic E-state index is 12.4. The SMILES string of the molecule is C[C@@H](NC(=O)NCc1cccs1)C(=O)N1CCCC[C@@H]1C. The second-order valence-corrected chi connectivity index (χ2v) is 6.54. The van der Waals surface area contributed by atoms with Gasteiger partial charge in [-0.25, -0.2) is 4.79 Å². The zero-order valence-electron chi connectivity index (χ0n) is 12.6. The Labute approximate surface area is 129 Å². The van der Waals surface area contributed by atoms with Crippen molar-refractivity contribution in [3.63, 3.8) is 0 Å². The molecule has 2 atom stereocenters. The van der Waals surface area contributed by atoms with Crippen molar-refractivity contribution < 1.29 is 9.59 Å². The lowest BCUT2D eigenvalue weighted by Gasteiger charge is -2.35. The number of hydrogen-bond donors (Lipinski definition) is 2. The van der Waals surface area contributed by atoms with Gasteiger partial charge in [0.1, 0.15) is 6.04 Å². The molecule has 1 aromatic rings. The summed E-state index contributed by atoms with van der Waals surface area (Å²) in [4.78, 5) is 27.2. The summed E-state index contributed by atoms with van der Waals surface area (Å²) < 4.78 is 0. The molecule has 3 amide bonds. The zero-order valence-corrected chi connectivity index (χ0v) is 13.4. The number of urea groups is 1. The first-order chi connectivity index (χ1) is 10.1. The molecule has 0 aromatic carbocycles. The van der Waals surface area contributed by atoms with Crippen LogP contribution < -0.4 is 10.6 Å². The molecule has 1 aliphatic rings. The Kier molecular flexibility index (Phi) is 5.61. The molecule has 1 saturated heterocycles. The normalized spacial score (nSPS) is 19.9. The number of rotatable bonds is 4. The van der Waals surface area contributed by atoms with E-state index in [4.69, 9.17) is 0 Å². The molecule has 0 unspecified atom stereocenters. The summed E-state index contributed by atoms with van der Waals surface area (Å²) in [5.41, 5.74) is 0. The molecule has 21 heavy (non-hydrogen) atoms. The van der Waals surface area contributed by atoms with Crippen molar-refractivity contribution in [2.24, 2.45) is 0 Å². The summed E-state index contributed by atoms with van der Waals surface area (Å²) in [6.07, 6.45) is 3.27. The molecule has 0 aliphatic carbocycles. The molecule has 0 saturated carbocycles. The standard InChI is InChI=1S/C15H23N3O2S/c1-11-6-3-4-8-18(11)14(19)12(2)17-15(20)16-10-13-7-5-9-21-13/h5,7,9,11-12H,3-4,6,8,10H2,1-2H3,(H2,16,17,20)/t11-,12+/m0/s1. The van der Waals surface area contributed by atoms with E-state index in [0.29, 0.717) is 6.54 Å². The molecular weight excluding hydrogens is 286 g/mol. The van der Waals surface area contributed by atoms with Crippen LogP contribution >= 0.6 is 11.3 Å². The van der Waals surface area contributed by atoms with E-state index in [0.717, 1.165) is 24.3 Å². The van der Waals surface area contributed by atoms with Crippen LogP contribution in [0.5, 0.6) is 0 Å². The maximum atomic E-state index is 12.4. The van der Waals surface area contributed by atoms with E-state index in [9.17, 15) is 9.59 Å². The van der Waals surface area contributed by atoms with Crippen LogP contribution in [0.3, 0.4) is 0 Å². The van der Waals surface area contributed by atoms with Gasteiger partial charge in [-0.15, -0.1) is 11.3 Å². The van der Waals surface area contributed by atoms with Crippen molar-refractivity contribution >= 4 is 23.3 Å². The first-order valence-electron chi connectivity index (χ1n) is 7.45. The molecular formula is C15H23N3O2S. The third-order valence-electron chi connectivity index (χ3n) is 3.81. The number of carbonyl (C=O) groups is 2. The Bertz CT molecular complexity index is 475. The summed E-state index contributed by atoms with van der Waals surface area (Å²) in [5.74, 6) is 0.00785. The van der Waals surface area contributed by atoms with Gasteiger partial charge in [0.15, 0.2) is 0 Å². The molecule has 116 valence electrons. The quantitative estimate of drug-likeness (QED) is 0.897. The highest BCUT2D eigenvalue weighted by molar-refractivity contribution is 7.09. The van der Waals surface area contributed by atoms with E-state index in [1.165, 1.54) is 6.42 Å². The van der Waals surface area contributed by atoms with E-state index in [1.807, 2.05) is 22.4 Å². The fourth-order valence-electron chi connectivity index (χ4n) is 2.56. The van der Waals surface area contributed by atoms with Gasteiger partial charge in [0.05, 0.1) is 6.54 Å². The minimum Gasteiger partial charge on any atom is -0.338 e. The average Bonchev–Trinajstić information content (AvgIpc) is 2.98. The average molecular weight is 309 g/mol. The topological polar surface area (TPSA) is 61.4 Å². The second kappa shape index (κ2) is 7.45. The van der Waals surface area contributed by atoms with Crippen LogP contribution in [0.15, 0.2) is 17.5 Å². The molecule has 2 heterocycles. The van der Waals surface area contributed by atoms with Gasteiger partial charge in [-0.1, -0.05) is 6.07 Å². The highest BCUT2D eigenvalue weighted by Crippen LogP contribution is 2.17. The van der Waals surface area contributed by atoms with Gasteiger partial charge in [0.25, 0.3) is 0 Å². The van der Waals surface area contributed by atoms with Gasteiger partial charge >= 0.3 is 6.03 Å². The molecule has 5 nitrogen and oxygen atoms in total. The lowest BCUT2D eigenvalue weighted by molar-refractivity contribution is -0.136. The summed E-state index contributed by atoms with van der Waals surface area (Å²) in [6.45, 7) is 5.10. The van der Waals surface area contributed by atoms with Crippen LogP contribution in [0.25, 0.3) is 0 Å². The number of nitrogens with zero attached hydrogens (tertiary/aromatic N) is 1. The number of hydrogen-bond acceptors (Lipinski definition) is 3. The van der Waals surface area contributed by atoms with Crippen LogP contribution in [0.1, 0.15) is 38.0 Å². The lowest BCUT2D eigenvalue weighted by Crippen LogP contribution is -2.53. The number of nitrogens with one attached hydrogen (secondary N) is 2. The van der Waals surface area contributed by atoms with Crippen molar-refractivity contribution in [1.29, 1.82) is 0 Å². The first-order valence-corrected chi connectivity index (χ1v) is 8.33. The van der Waals surface area contributed by atoms with E-state index in [2.05, 4.69) is 17.6 Å². The molecule has 1 aromatic heterocycles. The fourth-order valence-corrected chi connectivity index (χ4v) is 3.21. The minimum absolute atomic E-state index is 0.00785. The largest absolute Gasteiger partial charge is 0.338 e. The van der Waals surface area contributed by atoms with Crippen LogP contribution in [0.2, 0.25) is 0 Å². The number of carbonyl (C=O) groups excluding carboxylic acids is 2. The van der Waals surface area contributed by atoms with Gasteiger partial charge < -0.3 is 15.5 Å². The number of likely N-dealkylation sites (tertiary alicyclic amines) is 1. The molecule has 0 spiro atoms. The highest BCUT2D eigenvalue weighted by atomic mass is 32.1. The van der Waals surface area contributed by atoms with Gasteiger partial charge in [0, 0.05) is 17.5 Å². The number of amides is 3. The van der Waals surface area contributed by atoms with Crippen LogP contribution in [0.4, 0.5) is 4.79 Å². The minimum atomic E-state index is -0.492. The Morgan fingerprint density at radius 1 is 1.48 bits per heavy atom. The Balaban J connectivity index is 1.78. The van der Waals surface area contributed by atoms with E-state index >= 15 is 0 Å². The summed E-state index contributed by atoms with van der Waals surface area (Å²) in [5, 5.41) is 7.47. The molecule has 1 fully saturated rings. The van der Waals surface area contributed by atoms with Gasteiger partial charge in [-0.3, -0.25) is 4.79 Å². The molecule has 0 bridgehead atoms. The van der Waals surface area contributed by atoms with Crippen LogP contribution in [-0.2, 0) is 11.3 Å². The summed E-state index contributed by atoms with van der Waals surface area (Å²) in [6, 6.07) is 3.39. The molecule has 1 aliphatic heterocycles. The van der Waals surface area contributed by atoms with E-state index in [1.54, 1.807) is 18.3 Å². The van der Waals surface area contributed by atoms with Crippen molar-refractivity contribution in [3.05, 3.63) is 22.4 Å². The Morgan fingerprint density at radius 3 is 2.95 bits per heavy atom. The third-order valence-corrected chi connectivity index (χ3v) is 4.68. The Morgan fingerprint density at radius 2 is 2.29 bits per heavy atom. The van der Waals surface area contributed by atoms with Crippen molar-refractivity contribution in [3.8, 4) is 0 Å². The van der Waals surface area contributed by atoms with Crippen molar-refractivity contribution in [2.45, 2.75) is 51.7 Å². The second-order valence-electron chi connectivity index (χ2n) is 5.50. The van der Waals surface area contributed by atoms with Gasteiger partial charge in [0.2, 0.25) is 5.91 Å². The highest BCUT2D eigenvalue weighted by Gasteiger charge is 2.27. The number of thiophene rings is 1. The monoisotopic (exact) mass is 309 g/mol. The Hall–Kier alpha value is -1.56. The van der Waals surface area contributed by atoms with E-state index in [-0.39, 0.29) is 18.0 Å². The first kappa shape index (κ1) is 15.8. The predicted octanol–water partition coefficient (Wildman–Crippen LogP) is 2.34. The summed E-state index contributed by atoms with van der Waals surface area (Å²) >= 11 is 1.60. The third kappa shape index (κ3) is 4.46. The number of piperidine rings is 1. The summed E-state index contributed by atoms with van der Waals surface area (Å²) in [7, 11) is 0. The van der Waals surface area contributed by atoms with Crippen molar-refractivity contribution in [2.75, 3.05) is 6.54 Å².